The molecule has 0 aliphatic heterocycles. The monoisotopic (exact) mass is 784 g/mol. The van der Waals surface area contributed by atoms with E-state index in [0.717, 1.165) is 61.3 Å². The summed E-state index contributed by atoms with van der Waals surface area (Å²) in [5.74, 6) is 0.561. The van der Waals surface area contributed by atoms with Gasteiger partial charge in [0.2, 0.25) is 0 Å². The minimum absolute atomic E-state index is 0.561. The summed E-state index contributed by atoms with van der Waals surface area (Å²) in [4.78, 5) is 2.54. The fourth-order valence-corrected chi connectivity index (χ4v) is 10.5. The highest BCUT2D eigenvalue weighted by atomic mass is 16.3. The first-order valence-electron chi connectivity index (χ1n) is 21.8. The van der Waals surface area contributed by atoms with E-state index in [1.807, 2.05) is 6.07 Å². The molecule has 0 saturated heterocycles. The normalized spacial score (nSPS) is 13.5. The number of furan rings is 1. The van der Waals surface area contributed by atoms with Crippen molar-refractivity contribution in [3.05, 3.63) is 206 Å². The van der Waals surface area contributed by atoms with Gasteiger partial charge in [0.25, 0.3) is 0 Å². The van der Waals surface area contributed by atoms with E-state index >= 15 is 0 Å². The Morgan fingerprint density at radius 1 is 0.443 bits per heavy atom. The molecule has 1 fully saturated rings. The van der Waals surface area contributed by atoms with Crippen LogP contribution in [0.4, 0.5) is 17.1 Å². The number of anilines is 3. The second-order valence-corrected chi connectivity index (χ2v) is 16.6. The molecular formula is C58H44N2O. The maximum absolute atomic E-state index is 6.50. The van der Waals surface area contributed by atoms with Crippen LogP contribution in [0.1, 0.15) is 43.6 Å². The lowest BCUT2D eigenvalue weighted by molar-refractivity contribution is 0.445. The van der Waals surface area contributed by atoms with Crippen LogP contribution in [-0.4, -0.2) is 4.57 Å². The van der Waals surface area contributed by atoms with Gasteiger partial charge in [0.05, 0.1) is 28.1 Å². The van der Waals surface area contributed by atoms with Crippen molar-refractivity contribution >= 4 is 71.6 Å². The summed E-state index contributed by atoms with van der Waals surface area (Å²) in [6, 6.07) is 73.4. The summed E-state index contributed by atoms with van der Waals surface area (Å²) >= 11 is 0. The number of nitrogens with zero attached hydrogens (tertiary/aromatic N) is 2. The number of benzene rings is 9. The molecule has 0 amide bonds. The summed E-state index contributed by atoms with van der Waals surface area (Å²) in [6.45, 7) is 0. The molecule has 2 aromatic heterocycles. The highest BCUT2D eigenvalue weighted by molar-refractivity contribution is 6.16. The third-order valence-electron chi connectivity index (χ3n) is 13.2. The molecule has 292 valence electrons. The third kappa shape index (κ3) is 5.87. The number of aromatic nitrogens is 1. The number of para-hydroxylation sites is 6. The van der Waals surface area contributed by atoms with Gasteiger partial charge in [0.15, 0.2) is 0 Å². The molecule has 1 aliphatic carbocycles. The van der Waals surface area contributed by atoms with Crippen LogP contribution >= 0.6 is 0 Å². The first kappa shape index (κ1) is 35.6. The maximum Gasteiger partial charge on any atom is 0.136 e. The Labute approximate surface area is 355 Å². The summed E-state index contributed by atoms with van der Waals surface area (Å²) in [5, 5.41) is 7.38. The van der Waals surface area contributed by atoms with Gasteiger partial charge in [0.1, 0.15) is 11.2 Å². The van der Waals surface area contributed by atoms with Crippen LogP contribution < -0.4 is 4.90 Å². The zero-order valence-corrected chi connectivity index (χ0v) is 34.0. The van der Waals surface area contributed by atoms with E-state index in [2.05, 4.69) is 204 Å². The molecule has 3 heteroatoms. The van der Waals surface area contributed by atoms with Crippen LogP contribution in [-0.2, 0) is 0 Å². The molecule has 3 nitrogen and oxygen atoms in total. The predicted molar refractivity (Wildman–Crippen MR) is 257 cm³/mol. The Kier molecular flexibility index (Phi) is 8.59. The van der Waals surface area contributed by atoms with E-state index < -0.39 is 0 Å². The first-order valence-corrected chi connectivity index (χ1v) is 21.8. The second kappa shape index (κ2) is 14.7. The van der Waals surface area contributed by atoms with Crippen molar-refractivity contribution in [3.8, 4) is 27.9 Å². The van der Waals surface area contributed by atoms with Crippen LogP contribution in [0, 0.1) is 0 Å². The van der Waals surface area contributed by atoms with E-state index in [-0.39, 0.29) is 0 Å². The van der Waals surface area contributed by atoms with Crippen LogP contribution in [0.15, 0.2) is 205 Å². The van der Waals surface area contributed by atoms with Crippen molar-refractivity contribution in [1.82, 2.24) is 4.57 Å². The van der Waals surface area contributed by atoms with E-state index in [1.54, 1.807) is 0 Å². The molecule has 1 saturated carbocycles. The zero-order chi connectivity index (χ0) is 40.3. The molecule has 9 aromatic carbocycles. The van der Waals surface area contributed by atoms with Crippen LogP contribution in [0.5, 0.6) is 0 Å². The molecule has 0 spiro atoms. The first-order chi connectivity index (χ1) is 30.3. The Morgan fingerprint density at radius 2 is 1.07 bits per heavy atom. The Morgan fingerprint density at radius 3 is 1.92 bits per heavy atom. The molecule has 1 aliphatic rings. The fraction of sp³-hybridized carbons (Fsp3) is 0.103. The van der Waals surface area contributed by atoms with Gasteiger partial charge >= 0.3 is 0 Å². The maximum atomic E-state index is 6.50. The molecule has 0 bridgehead atoms. The van der Waals surface area contributed by atoms with Gasteiger partial charge in [-0.05, 0) is 101 Å². The molecule has 2 heterocycles. The quantitative estimate of drug-likeness (QED) is 0.161. The van der Waals surface area contributed by atoms with Gasteiger partial charge in [-0.2, -0.15) is 0 Å². The van der Waals surface area contributed by atoms with E-state index in [4.69, 9.17) is 4.42 Å². The van der Waals surface area contributed by atoms with Crippen LogP contribution in [0.2, 0.25) is 0 Å². The van der Waals surface area contributed by atoms with Gasteiger partial charge in [0, 0.05) is 38.4 Å². The predicted octanol–water partition coefficient (Wildman–Crippen LogP) is 16.7. The van der Waals surface area contributed by atoms with Crippen molar-refractivity contribution in [2.75, 3.05) is 4.90 Å². The highest BCUT2D eigenvalue weighted by Crippen LogP contribution is 2.50. The van der Waals surface area contributed by atoms with E-state index in [0.29, 0.717) is 5.92 Å². The Bertz CT molecular complexity index is 3420. The number of hydrogen-bond acceptors (Lipinski definition) is 2. The van der Waals surface area contributed by atoms with Crippen molar-refractivity contribution in [1.29, 1.82) is 0 Å². The highest BCUT2D eigenvalue weighted by Gasteiger charge is 2.27. The summed E-state index contributed by atoms with van der Waals surface area (Å²) in [7, 11) is 0. The minimum atomic E-state index is 0.561. The molecule has 12 rings (SSSR count). The van der Waals surface area contributed by atoms with Gasteiger partial charge < -0.3 is 13.9 Å². The Balaban J connectivity index is 1.17. The lowest BCUT2D eigenvalue weighted by atomic mass is 9.80. The van der Waals surface area contributed by atoms with Crippen molar-refractivity contribution < 1.29 is 4.42 Å². The van der Waals surface area contributed by atoms with Gasteiger partial charge in [-0.1, -0.05) is 165 Å². The zero-order valence-electron chi connectivity index (χ0n) is 34.0. The van der Waals surface area contributed by atoms with Gasteiger partial charge in [-0.15, -0.1) is 0 Å². The lowest BCUT2D eigenvalue weighted by Crippen LogP contribution is -2.14. The summed E-state index contributed by atoms with van der Waals surface area (Å²) < 4.78 is 8.96. The Hall–Kier alpha value is -7.36. The minimum Gasteiger partial charge on any atom is -0.456 e. The average molecular weight is 785 g/mol. The number of fused-ring (bicyclic) bond motifs is 7. The standard InChI is InChI=1S/C58H44N2O/c1-3-18-39(19-4-1)44-28-15-20-40-21-16-29-49(57(40)44)45-25-8-13-33-53(45)60(51-31-11-7-24-43(51)41-36-37-48-47-27-10-14-35-55(47)61-56(48)38-41)54-34-17-30-50-46-26-9-12-32-52(46)59(58(50)54)42-22-5-2-6-23-42/h2,5-17,20-39H,1,3-4,18-19H2. The molecule has 0 radical (unpaired) electrons. The molecule has 0 atom stereocenters. The lowest BCUT2D eigenvalue weighted by Gasteiger charge is -2.31. The van der Waals surface area contributed by atoms with Crippen LogP contribution in [0.3, 0.4) is 0 Å². The molecular weight excluding hydrogens is 741 g/mol. The van der Waals surface area contributed by atoms with Gasteiger partial charge in [-0.25, -0.2) is 0 Å². The smallest absolute Gasteiger partial charge is 0.136 e. The van der Waals surface area contributed by atoms with Crippen molar-refractivity contribution in [2.24, 2.45) is 0 Å². The summed E-state index contributed by atoms with van der Waals surface area (Å²) in [5.41, 5.74) is 14.8. The molecule has 61 heavy (non-hydrogen) atoms. The second-order valence-electron chi connectivity index (χ2n) is 16.6. The summed E-state index contributed by atoms with van der Waals surface area (Å²) in [6.07, 6.45) is 6.42. The van der Waals surface area contributed by atoms with Gasteiger partial charge in [-0.3, -0.25) is 0 Å². The molecule has 11 aromatic rings. The molecule has 0 unspecified atom stereocenters. The fourth-order valence-electron chi connectivity index (χ4n) is 10.5. The number of hydrogen-bond donors (Lipinski definition) is 0. The number of rotatable bonds is 7. The SMILES string of the molecule is c1ccc(-n2c3ccccc3c3cccc(N(c4ccccc4-c4ccc5c(c4)oc4ccccc45)c4ccccc4-c4cccc5cccc(C6CCCCC6)c45)c32)cc1. The van der Waals surface area contributed by atoms with E-state index in [1.165, 1.54) is 75.9 Å². The topological polar surface area (TPSA) is 21.3 Å². The van der Waals surface area contributed by atoms with Crippen molar-refractivity contribution in [2.45, 2.75) is 38.0 Å². The van der Waals surface area contributed by atoms with Crippen molar-refractivity contribution in [3.63, 3.8) is 0 Å². The molecule has 0 N–H and O–H groups in total. The van der Waals surface area contributed by atoms with E-state index in [9.17, 15) is 0 Å². The third-order valence-corrected chi connectivity index (χ3v) is 13.2. The average Bonchev–Trinajstić information content (AvgIpc) is 3.88. The largest absolute Gasteiger partial charge is 0.456 e. The van der Waals surface area contributed by atoms with Crippen LogP contribution in [0.25, 0.3) is 82.5 Å².